The number of hydrogen-bond donors (Lipinski definition) is 0. The summed E-state index contributed by atoms with van der Waals surface area (Å²) < 4.78 is 20.0. The number of fused-ring (bicyclic) bond motifs is 2. The highest BCUT2D eigenvalue weighted by molar-refractivity contribution is 9.10. The van der Waals surface area contributed by atoms with E-state index in [-0.39, 0.29) is 11.2 Å². The highest BCUT2D eigenvalue weighted by Crippen LogP contribution is 2.66. The van der Waals surface area contributed by atoms with Crippen LogP contribution in [0.15, 0.2) is 22.7 Å². The molecule has 3 heteroatoms. The van der Waals surface area contributed by atoms with Gasteiger partial charge >= 0.3 is 0 Å². The second-order valence-corrected chi connectivity index (χ2v) is 8.01. The quantitative estimate of drug-likeness (QED) is 0.723. The fourth-order valence-corrected chi connectivity index (χ4v) is 4.63. The molecule has 0 amide bonds. The molecule has 2 aliphatic rings. The first-order valence-electron chi connectivity index (χ1n) is 7.40. The molecule has 0 aliphatic heterocycles. The van der Waals surface area contributed by atoms with Crippen LogP contribution in [0.3, 0.4) is 0 Å². The standard InChI is InChI=1S/C17H22BrFO/c1-16(2)12-6-7-17(16,3)15(9-12)20-10-11-4-5-14(19)13(18)8-11/h4-5,8,12,15H,6-7,9-10H2,1-3H3. The van der Waals surface area contributed by atoms with Crippen LogP contribution in [0.2, 0.25) is 0 Å². The van der Waals surface area contributed by atoms with Gasteiger partial charge in [-0.2, -0.15) is 0 Å². The maximum Gasteiger partial charge on any atom is 0.137 e. The Bertz CT molecular complexity index is 528. The summed E-state index contributed by atoms with van der Waals surface area (Å²) in [7, 11) is 0. The summed E-state index contributed by atoms with van der Waals surface area (Å²) >= 11 is 3.23. The van der Waals surface area contributed by atoms with E-state index in [0.717, 1.165) is 11.5 Å². The van der Waals surface area contributed by atoms with Crippen LogP contribution in [0.5, 0.6) is 0 Å². The third kappa shape index (κ3) is 2.05. The molecular formula is C17H22BrFO. The Balaban J connectivity index is 1.69. The van der Waals surface area contributed by atoms with Gasteiger partial charge < -0.3 is 4.74 Å². The molecule has 2 saturated carbocycles. The molecule has 0 heterocycles. The van der Waals surface area contributed by atoms with Crippen molar-refractivity contribution in [1.29, 1.82) is 0 Å². The average molecular weight is 341 g/mol. The maximum absolute atomic E-state index is 13.2. The highest BCUT2D eigenvalue weighted by atomic mass is 79.9. The van der Waals surface area contributed by atoms with Crippen LogP contribution in [0.25, 0.3) is 0 Å². The van der Waals surface area contributed by atoms with Crippen LogP contribution in [-0.4, -0.2) is 6.10 Å². The predicted molar refractivity (Wildman–Crippen MR) is 81.9 cm³/mol. The van der Waals surface area contributed by atoms with Crippen LogP contribution in [0.1, 0.15) is 45.6 Å². The Morgan fingerprint density at radius 1 is 1.35 bits per heavy atom. The zero-order valence-electron chi connectivity index (χ0n) is 12.4. The van der Waals surface area contributed by atoms with Crippen molar-refractivity contribution in [3.63, 3.8) is 0 Å². The van der Waals surface area contributed by atoms with Crippen LogP contribution in [-0.2, 0) is 11.3 Å². The zero-order chi connectivity index (χ0) is 14.5. The largest absolute Gasteiger partial charge is 0.373 e. The van der Waals surface area contributed by atoms with Gasteiger partial charge in [-0.1, -0.05) is 26.8 Å². The Hall–Kier alpha value is -0.410. The summed E-state index contributed by atoms with van der Waals surface area (Å²) in [6.07, 6.45) is 4.11. The second kappa shape index (κ2) is 4.81. The van der Waals surface area contributed by atoms with Gasteiger partial charge in [-0.05, 0) is 69.6 Å². The molecule has 20 heavy (non-hydrogen) atoms. The Morgan fingerprint density at radius 2 is 2.10 bits per heavy atom. The molecule has 1 aromatic rings. The van der Waals surface area contributed by atoms with E-state index < -0.39 is 0 Å². The van der Waals surface area contributed by atoms with E-state index in [9.17, 15) is 4.39 Å². The van der Waals surface area contributed by atoms with Gasteiger partial charge in [-0.25, -0.2) is 4.39 Å². The topological polar surface area (TPSA) is 9.23 Å². The monoisotopic (exact) mass is 340 g/mol. The Morgan fingerprint density at radius 3 is 2.65 bits per heavy atom. The van der Waals surface area contributed by atoms with Crippen molar-refractivity contribution in [2.24, 2.45) is 16.7 Å². The summed E-state index contributed by atoms with van der Waals surface area (Å²) in [5.74, 6) is 0.569. The van der Waals surface area contributed by atoms with Gasteiger partial charge in [0.2, 0.25) is 0 Å². The third-order valence-electron chi connectivity index (χ3n) is 6.15. The number of halogens is 2. The van der Waals surface area contributed by atoms with E-state index in [2.05, 4.69) is 36.7 Å². The van der Waals surface area contributed by atoms with Crippen molar-refractivity contribution >= 4 is 15.9 Å². The van der Waals surface area contributed by atoms with Crippen LogP contribution in [0.4, 0.5) is 4.39 Å². The molecule has 2 fully saturated rings. The molecule has 1 nitrogen and oxygen atoms in total. The summed E-state index contributed by atoms with van der Waals surface area (Å²) in [5, 5.41) is 0. The molecule has 0 saturated heterocycles. The number of hydrogen-bond acceptors (Lipinski definition) is 1. The smallest absolute Gasteiger partial charge is 0.137 e. The van der Waals surface area contributed by atoms with Gasteiger partial charge in [-0.15, -0.1) is 0 Å². The van der Waals surface area contributed by atoms with Crippen molar-refractivity contribution in [1.82, 2.24) is 0 Å². The zero-order valence-corrected chi connectivity index (χ0v) is 14.0. The van der Waals surface area contributed by atoms with Crippen LogP contribution in [0, 0.1) is 22.6 Å². The van der Waals surface area contributed by atoms with Crippen molar-refractivity contribution in [3.8, 4) is 0 Å². The highest BCUT2D eigenvalue weighted by Gasteiger charge is 2.61. The van der Waals surface area contributed by atoms with Gasteiger partial charge in [0.25, 0.3) is 0 Å². The van der Waals surface area contributed by atoms with Crippen molar-refractivity contribution in [2.45, 2.75) is 52.7 Å². The van der Waals surface area contributed by atoms with E-state index in [4.69, 9.17) is 4.74 Å². The van der Waals surface area contributed by atoms with Gasteiger partial charge in [0, 0.05) is 0 Å². The first kappa shape index (κ1) is 14.5. The molecular weight excluding hydrogens is 319 g/mol. The molecule has 2 aliphatic carbocycles. The summed E-state index contributed by atoms with van der Waals surface area (Å²) in [6, 6.07) is 5.12. The Labute approximate surface area is 129 Å². The summed E-state index contributed by atoms with van der Waals surface area (Å²) in [5.41, 5.74) is 1.69. The minimum Gasteiger partial charge on any atom is -0.373 e. The average Bonchev–Trinajstić information content (AvgIpc) is 2.73. The van der Waals surface area contributed by atoms with Gasteiger partial charge in [0.05, 0.1) is 17.2 Å². The minimum atomic E-state index is -0.221. The molecule has 3 unspecified atom stereocenters. The Kier molecular flexibility index (Phi) is 3.49. The molecule has 0 aromatic heterocycles. The lowest BCUT2D eigenvalue weighted by molar-refractivity contribution is -0.0550. The van der Waals surface area contributed by atoms with Crippen molar-refractivity contribution in [3.05, 3.63) is 34.1 Å². The summed E-state index contributed by atoms with van der Waals surface area (Å²) in [4.78, 5) is 0. The van der Waals surface area contributed by atoms with E-state index in [1.54, 1.807) is 6.07 Å². The van der Waals surface area contributed by atoms with Gasteiger partial charge in [-0.3, -0.25) is 0 Å². The first-order chi connectivity index (χ1) is 9.34. The minimum absolute atomic E-state index is 0.221. The van der Waals surface area contributed by atoms with Crippen LogP contribution < -0.4 is 0 Å². The summed E-state index contributed by atoms with van der Waals surface area (Å²) in [6.45, 7) is 7.73. The normalized spacial score (nSPS) is 34.6. The number of rotatable bonds is 3. The number of benzene rings is 1. The van der Waals surface area contributed by atoms with Crippen molar-refractivity contribution < 1.29 is 9.13 Å². The molecule has 110 valence electrons. The molecule has 2 bridgehead atoms. The van der Waals surface area contributed by atoms with E-state index in [1.807, 2.05) is 6.07 Å². The second-order valence-electron chi connectivity index (χ2n) is 7.16. The molecule has 0 spiro atoms. The van der Waals surface area contributed by atoms with Crippen LogP contribution >= 0.6 is 15.9 Å². The fraction of sp³-hybridized carbons (Fsp3) is 0.647. The van der Waals surface area contributed by atoms with E-state index in [1.165, 1.54) is 25.3 Å². The van der Waals surface area contributed by atoms with E-state index in [0.29, 0.717) is 22.6 Å². The lowest BCUT2D eigenvalue weighted by Crippen LogP contribution is -2.37. The van der Waals surface area contributed by atoms with Gasteiger partial charge in [0.1, 0.15) is 5.82 Å². The molecule has 1 aromatic carbocycles. The van der Waals surface area contributed by atoms with Gasteiger partial charge in [0.15, 0.2) is 0 Å². The first-order valence-corrected chi connectivity index (χ1v) is 8.19. The SMILES string of the molecule is CC1(C)C2CCC1(C)C(OCc1ccc(F)c(Br)c1)C2. The molecule has 3 atom stereocenters. The molecule has 0 radical (unpaired) electrons. The third-order valence-corrected chi connectivity index (χ3v) is 6.76. The lowest BCUT2D eigenvalue weighted by atomic mass is 9.70. The van der Waals surface area contributed by atoms with E-state index >= 15 is 0 Å². The molecule has 0 N–H and O–H groups in total. The lowest BCUT2D eigenvalue weighted by Gasteiger charge is -2.39. The number of ether oxygens (including phenoxy) is 1. The predicted octanol–water partition coefficient (Wildman–Crippen LogP) is 5.32. The fourth-order valence-electron chi connectivity index (χ4n) is 4.21. The maximum atomic E-state index is 13.2. The molecule has 3 rings (SSSR count). The van der Waals surface area contributed by atoms with Crippen molar-refractivity contribution in [2.75, 3.05) is 0 Å².